The lowest BCUT2D eigenvalue weighted by molar-refractivity contribution is 0.0596. The third-order valence-electron chi connectivity index (χ3n) is 5.34. The van der Waals surface area contributed by atoms with E-state index in [0.717, 1.165) is 4.31 Å². The van der Waals surface area contributed by atoms with Gasteiger partial charge in [-0.1, -0.05) is 30.3 Å². The fourth-order valence-corrected chi connectivity index (χ4v) is 5.12. The highest BCUT2D eigenvalue weighted by Gasteiger charge is 2.30. The van der Waals surface area contributed by atoms with Crippen LogP contribution < -0.4 is 9.04 Å². The van der Waals surface area contributed by atoms with Crippen molar-refractivity contribution in [1.82, 2.24) is 9.88 Å². The number of hydrogen-bond acceptors (Lipinski definition) is 7. The molecule has 0 aliphatic carbocycles. The normalized spacial score (nSPS) is 10.9. The van der Waals surface area contributed by atoms with Crippen molar-refractivity contribution in [1.29, 1.82) is 0 Å². The largest absolute Gasteiger partial charge is 0.481 e. The number of aromatic nitrogens is 1. The van der Waals surface area contributed by atoms with Crippen LogP contribution in [-0.4, -0.2) is 64.0 Å². The van der Waals surface area contributed by atoms with Crippen LogP contribution >= 0.6 is 0 Å². The average Bonchev–Trinajstić information content (AvgIpc) is 2.91. The van der Waals surface area contributed by atoms with Crippen LogP contribution in [0.3, 0.4) is 0 Å². The molecule has 1 heterocycles. The van der Waals surface area contributed by atoms with Crippen LogP contribution in [0, 0.1) is 0 Å². The number of pyridine rings is 1. The molecule has 0 unspecified atom stereocenters. The zero-order chi connectivity index (χ0) is 25.4. The fourth-order valence-electron chi connectivity index (χ4n) is 3.50. The Morgan fingerprint density at radius 1 is 0.914 bits per heavy atom. The number of carbonyl (C=O) groups is 2. The van der Waals surface area contributed by atoms with Crippen LogP contribution in [0.5, 0.6) is 5.88 Å². The lowest BCUT2D eigenvalue weighted by atomic mass is 10.2. The molecule has 0 saturated heterocycles. The number of likely N-dealkylation sites (N-methyl/N-ethyl adjacent to an activating group) is 1. The van der Waals surface area contributed by atoms with E-state index in [1.165, 1.54) is 44.7 Å². The fraction of sp³-hybridized carbons (Fsp3) is 0.240. The van der Waals surface area contributed by atoms with E-state index in [1.807, 2.05) is 13.0 Å². The molecule has 0 aliphatic rings. The van der Waals surface area contributed by atoms with Crippen molar-refractivity contribution in [3.8, 4) is 5.88 Å². The number of nitrogens with zero attached hydrogens (tertiary/aromatic N) is 3. The van der Waals surface area contributed by atoms with E-state index < -0.39 is 16.0 Å². The van der Waals surface area contributed by atoms with E-state index in [-0.39, 0.29) is 35.1 Å². The van der Waals surface area contributed by atoms with Gasteiger partial charge in [-0.2, -0.15) is 0 Å². The van der Waals surface area contributed by atoms with Gasteiger partial charge in [0.15, 0.2) is 0 Å². The van der Waals surface area contributed by atoms with Crippen molar-refractivity contribution in [2.45, 2.75) is 11.8 Å². The van der Waals surface area contributed by atoms with Gasteiger partial charge in [0.25, 0.3) is 15.9 Å². The highest BCUT2D eigenvalue weighted by atomic mass is 32.2. The maximum Gasteiger partial charge on any atom is 0.339 e. The predicted molar refractivity (Wildman–Crippen MR) is 131 cm³/mol. The van der Waals surface area contributed by atoms with E-state index in [0.29, 0.717) is 18.0 Å². The molecule has 0 saturated carbocycles. The summed E-state index contributed by atoms with van der Waals surface area (Å²) in [5, 5.41) is 0. The van der Waals surface area contributed by atoms with Gasteiger partial charge in [-0.15, -0.1) is 0 Å². The van der Waals surface area contributed by atoms with E-state index in [1.54, 1.807) is 41.3 Å². The number of hydrogen-bond donors (Lipinski definition) is 0. The minimum atomic E-state index is -4.24. The molecule has 9 nitrogen and oxygen atoms in total. The molecule has 0 fully saturated rings. The summed E-state index contributed by atoms with van der Waals surface area (Å²) < 4.78 is 38.6. The van der Waals surface area contributed by atoms with Gasteiger partial charge in [0.1, 0.15) is 4.90 Å². The first-order valence-electron chi connectivity index (χ1n) is 10.9. The minimum absolute atomic E-state index is 0.0712. The van der Waals surface area contributed by atoms with Gasteiger partial charge in [-0.25, -0.2) is 18.2 Å². The monoisotopic (exact) mass is 497 g/mol. The van der Waals surface area contributed by atoms with Crippen molar-refractivity contribution in [3.05, 3.63) is 84.1 Å². The Hall–Kier alpha value is -3.92. The average molecular weight is 498 g/mol. The third-order valence-corrected chi connectivity index (χ3v) is 7.23. The second kappa shape index (κ2) is 11.5. The smallest absolute Gasteiger partial charge is 0.339 e. The van der Waals surface area contributed by atoms with Crippen LogP contribution in [0.25, 0.3) is 0 Å². The molecule has 0 bridgehead atoms. The summed E-state index contributed by atoms with van der Waals surface area (Å²) in [4.78, 5) is 30.8. The first kappa shape index (κ1) is 25.7. The van der Waals surface area contributed by atoms with E-state index >= 15 is 0 Å². The van der Waals surface area contributed by atoms with Gasteiger partial charge in [0, 0.05) is 24.7 Å². The van der Waals surface area contributed by atoms with Crippen molar-refractivity contribution in [3.63, 3.8) is 0 Å². The first-order valence-corrected chi connectivity index (χ1v) is 12.3. The van der Waals surface area contributed by atoms with Gasteiger partial charge in [0.05, 0.1) is 38.2 Å². The number of methoxy groups -OCH3 is 2. The summed E-state index contributed by atoms with van der Waals surface area (Å²) in [6.07, 6.45) is 1.37. The number of sulfonamides is 1. The highest BCUT2D eigenvalue weighted by Crippen LogP contribution is 2.27. The molecule has 1 aromatic heterocycles. The summed E-state index contributed by atoms with van der Waals surface area (Å²) in [6.45, 7) is 2.23. The number of amides is 1. The van der Waals surface area contributed by atoms with Crippen molar-refractivity contribution < 1.29 is 27.5 Å². The van der Waals surface area contributed by atoms with Crippen LogP contribution in [-0.2, 0) is 14.8 Å². The summed E-state index contributed by atoms with van der Waals surface area (Å²) >= 11 is 0. The topological polar surface area (TPSA) is 106 Å². The van der Waals surface area contributed by atoms with Crippen molar-refractivity contribution in [2.75, 3.05) is 38.2 Å². The Balaban J connectivity index is 2.00. The lowest BCUT2D eigenvalue weighted by Gasteiger charge is -2.28. The molecule has 2 aromatic carbocycles. The minimum Gasteiger partial charge on any atom is -0.481 e. The molecule has 1 amide bonds. The molecule has 0 aliphatic heterocycles. The Labute approximate surface area is 205 Å². The molecule has 10 heteroatoms. The molecule has 3 aromatic rings. The quantitative estimate of drug-likeness (QED) is 0.396. The molecule has 35 heavy (non-hydrogen) atoms. The van der Waals surface area contributed by atoms with Crippen LogP contribution in [0.2, 0.25) is 0 Å². The molecule has 3 rings (SSSR count). The Morgan fingerprint density at radius 3 is 2.20 bits per heavy atom. The molecule has 0 spiro atoms. The zero-order valence-electron chi connectivity index (χ0n) is 19.7. The molecule has 0 atom stereocenters. The van der Waals surface area contributed by atoms with Crippen molar-refractivity contribution >= 4 is 27.6 Å². The number of benzene rings is 2. The summed E-state index contributed by atoms with van der Waals surface area (Å²) in [5.41, 5.74) is 0.675. The molecular weight excluding hydrogens is 470 g/mol. The number of ether oxygens (including phenoxy) is 2. The van der Waals surface area contributed by atoms with Gasteiger partial charge >= 0.3 is 5.97 Å². The van der Waals surface area contributed by atoms with Gasteiger partial charge < -0.3 is 14.4 Å². The zero-order valence-corrected chi connectivity index (χ0v) is 20.6. The SMILES string of the molecule is CCN(CCN(c1ccc(OC)nc1)S(=O)(=O)c1ccccc1C(=O)OC)C(=O)c1ccccc1. The predicted octanol–water partition coefficient (Wildman–Crippen LogP) is 3.23. The Kier molecular flexibility index (Phi) is 8.43. The number of carbonyl (C=O) groups excluding carboxylic acids is 2. The number of anilines is 1. The highest BCUT2D eigenvalue weighted by molar-refractivity contribution is 7.93. The first-order chi connectivity index (χ1) is 16.8. The maximum absolute atomic E-state index is 13.8. The summed E-state index contributed by atoms with van der Waals surface area (Å²) in [6, 6.07) is 17.7. The van der Waals surface area contributed by atoms with Crippen molar-refractivity contribution in [2.24, 2.45) is 0 Å². The van der Waals surface area contributed by atoms with Crippen LogP contribution in [0.4, 0.5) is 5.69 Å². The number of esters is 1. The molecular formula is C25H27N3O6S. The summed E-state index contributed by atoms with van der Waals surface area (Å²) in [5.74, 6) is -0.671. The van der Waals surface area contributed by atoms with Crippen LogP contribution in [0.1, 0.15) is 27.6 Å². The van der Waals surface area contributed by atoms with E-state index in [2.05, 4.69) is 4.98 Å². The summed E-state index contributed by atoms with van der Waals surface area (Å²) in [7, 11) is -1.60. The van der Waals surface area contributed by atoms with Gasteiger partial charge in [0.2, 0.25) is 5.88 Å². The Morgan fingerprint density at radius 2 is 1.60 bits per heavy atom. The molecule has 0 N–H and O–H groups in total. The van der Waals surface area contributed by atoms with E-state index in [4.69, 9.17) is 9.47 Å². The second-order valence-corrected chi connectivity index (χ2v) is 9.21. The maximum atomic E-state index is 13.8. The second-order valence-electron chi connectivity index (χ2n) is 7.37. The van der Waals surface area contributed by atoms with Gasteiger partial charge in [-0.3, -0.25) is 9.10 Å². The lowest BCUT2D eigenvalue weighted by Crippen LogP contribution is -2.41. The van der Waals surface area contributed by atoms with E-state index in [9.17, 15) is 18.0 Å². The third kappa shape index (κ3) is 5.78. The Bertz CT molecular complexity index is 1260. The standard InChI is InChI=1S/C25H27N3O6S/c1-4-27(24(29)19-10-6-5-7-11-19)16-17-28(20-14-15-23(33-2)26-18-20)35(31,32)22-13-9-8-12-21(22)25(30)34-3/h5-15,18H,4,16-17H2,1-3H3. The van der Waals surface area contributed by atoms with Crippen LogP contribution in [0.15, 0.2) is 77.8 Å². The number of rotatable bonds is 10. The molecule has 184 valence electrons. The molecule has 0 radical (unpaired) electrons. The van der Waals surface area contributed by atoms with Gasteiger partial charge in [-0.05, 0) is 37.3 Å².